The van der Waals surface area contributed by atoms with Crippen LogP contribution in [0.25, 0.3) is 0 Å². The van der Waals surface area contributed by atoms with E-state index in [0.29, 0.717) is 6.42 Å². The van der Waals surface area contributed by atoms with Gasteiger partial charge in [0.25, 0.3) is 0 Å². The first kappa shape index (κ1) is 2.49. The first-order valence-electron chi connectivity index (χ1n) is 4.18. The highest BCUT2D eigenvalue weighted by atomic mass is 16.3. The molecule has 1 aliphatic rings. The molecule has 1 atom stereocenters. The van der Waals surface area contributed by atoms with E-state index >= 15 is 0 Å². The number of rotatable bonds is 0. The van der Waals surface area contributed by atoms with Crippen molar-refractivity contribution in [1.29, 1.82) is 0 Å². The Labute approximate surface area is 48.6 Å². The molecule has 1 N–H and O–H groups in total. The van der Waals surface area contributed by atoms with E-state index in [1.54, 1.807) is 0 Å². The third-order valence-corrected chi connectivity index (χ3v) is 1.17. The van der Waals surface area contributed by atoms with Gasteiger partial charge in [0.2, 0.25) is 0 Å². The second kappa shape index (κ2) is 2.31. The first-order valence-corrected chi connectivity index (χ1v) is 2.68. The van der Waals surface area contributed by atoms with Gasteiger partial charge in [0.05, 0.1) is 7.45 Å². The van der Waals surface area contributed by atoms with Crippen molar-refractivity contribution in [3.63, 3.8) is 0 Å². The summed E-state index contributed by atoms with van der Waals surface area (Å²) < 4.78 is 21.7. The van der Waals surface area contributed by atoms with Crippen molar-refractivity contribution in [2.45, 2.75) is 38.1 Å². The molecule has 1 fully saturated rings. The highest BCUT2D eigenvalue weighted by Crippen LogP contribution is 2.16. The molecule has 1 saturated carbocycles. The lowest BCUT2D eigenvalue weighted by Gasteiger charge is -2.14. The Morgan fingerprint density at radius 3 is 2.86 bits per heavy atom. The van der Waals surface area contributed by atoms with Gasteiger partial charge in [-0.3, -0.25) is 0 Å². The fourth-order valence-electron chi connectivity index (χ4n) is 0.739. The SMILES string of the molecule is [2H]C1([2H])CCCCC1([2H])O. The van der Waals surface area contributed by atoms with Gasteiger partial charge in [-0.2, -0.15) is 0 Å². The van der Waals surface area contributed by atoms with Gasteiger partial charge < -0.3 is 5.11 Å². The zero-order chi connectivity index (χ0) is 7.83. The lowest BCUT2D eigenvalue weighted by atomic mass is 9.98. The number of hydrogen-bond donors (Lipinski definition) is 1. The Balaban J connectivity index is 2.70. The van der Waals surface area contributed by atoms with Gasteiger partial charge in [0, 0.05) is 2.74 Å². The van der Waals surface area contributed by atoms with E-state index in [0.717, 1.165) is 12.8 Å². The maximum atomic E-state index is 9.19. The van der Waals surface area contributed by atoms with Crippen LogP contribution < -0.4 is 0 Å². The molecule has 0 aromatic rings. The highest BCUT2D eigenvalue weighted by Gasteiger charge is 2.07. The average molecular weight is 103 g/mol. The van der Waals surface area contributed by atoms with Crippen molar-refractivity contribution in [2.24, 2.45) is 0 Å². The van der Waals surface area contributed by atoms with E-state index in [1.165, 1.54) is 0 Å². The van der Waals surface area contributed by atoms with Crippen LogP contribution in [0.15, 0.2) is 0 Å². The Kier molecular flexibility index (Phi) is 0.824. The third kappa shape index (κ3) is 1.48. The molecule has 0 amide bonds. The van der Waals surface area contributed by atoms with Crippen molar-refractivity contribution in [2.75, 3.05) is 0 Å². The maximum Gasteiger partial charge on any atom is 0.0600 e. The van der Waals surface area contributed by atoms with Gasteiger partial charge in [-0.1, -0.05) is 19.3 Å². The molecule has 0 aromatic carbocycles. The van der Waals surface area contributed by atoms with Crippen LogP contribution in [0.4, 0.5) is 0 Å². The smallest absolute Gasteiger partial charge is 0.0600 e. The molecule has 0 bridgehead atoms. The summed E-state index contributed by atoms with van der Waals surface area (Å²) in [5.41, 5.74) is 0. The number of hydrogen-bond acceptors (Lipinski definition) is 1. The Hall–Kier alpha value is -0.0400. The van der Waals surface area contributed by atoms with Gasteiger partial charge >= 0.3 is 0 Å². The third-order valence-electron chi connectivity index (χ3n) is 1.17. The van der Waals surface area contributed by atoms with Gasteiger partial charge in [-0.25, -0.2) is 0 Å². The summed E-state index contributed by atoms with van der Waals surface area (Å²) in [7, 11) is 0. The monoisotopic (exact) mass is 103 g/mol. The highest BCUT2D eigenvalue weighted by molar-refractivity contribution is 4.61. The second-order valence-corrected chi connectivity index (χ2v) is 1.83. The minimum Gasteiger partial charge on any atom is -0.393 e. The van der Waals surface area contributed by atoms with E-state index in [9.17, 15) is 5.11 Å². The van der Waals surface area contributed by atoms with Crippen molar-refractivity contribution in [3.8, 4) is 0 Å². The predicted molar refractivity (Wildman–Crippen MR) is 29.1 cm³/mol. The molecule has 7 heavy (non-hydrogen) atoms. The van der Waals surface area contributed by atoms with E-state index < -0.39 is 12.5 Å². The van der Waals surface area contributed by atoms with Crippen LogP contribution in [0, 0.1) is 0 Å². The summed E-state index contributed by atoms with van der Waals surface area (Å²) in [4.78, 5) is 0. The maximum absolute atomic E-state index is 9.19. The van der Waals surface area contributed by atoms with Crippen molar-refractivity contribution < 1.29 is 9.22 Å². The minimum absolute atomic E-state index is 0.264. The summed E-state index contributed by atoms with van der Waals surface area (Å²) in [5, 5.41) is 9.19. The van der Waals surface area contributed by atoms with E-state index in [4.69, 9.17) is 4.11 Å². The lowest BCUT2D eigenvalue weighted by Crippen LogP contribution is -2.09. The van der Waals surface area contributed by atoms with Crippen LogP contribution in [-0.4, -0.2) is 11.2 Å². The van der Waals surface area contributed by atoms with Crippen LogP contribution in [0.1, 0.15) is 36.2 Å². The first-order chi connectivity index (χ1) is 4.46. The summed E-state index contributed by atoms with van der Waals surface area (Å²) in [5.74, 6) is 0. The molecular weight excluding hydrogens is 88.1 g/mol. The Bertz CT molecular complexity index is 117. The summed E-state index contributed by atoms with van der Waals surface area (Å²) >= 11 is 0. The topological polar surface area (TPSA) is 20.2 Å². The molecule has 1 heteroatoms. The molecule has 1 rings (SSSR count). The fraction of sp³-hybridized carbons (Fsp3) is 1.00. The van der Waals surface area contributed by atoms with Gasteiger partial charge in [-0.05, 0) is 12.8 Å². The van der Waals surface area contributed by atoms with E-state index in [-0.39, 0.29) is 6.42 Å². The predicted octanol–water partition coefficient (Wildman–Crippen LogP) is 1.31. The molecule has 42 valence electrons. The molecule has 0 aromatic heterocycles. The lowest BCUT2D eigenvalue weighted by molar-refractivity contribution is 0.130. The van der Waals surface area contributed by atoms with Crippen LogP contribution in [-0.2, 0) is 0 Å². The molecule has 0 spiro atoms. The molecular formula is C6H12O. The summed E-state index contributed by atoms with van der Waals surface area (Å²) in [6.45, 7) is 0. The quantitative estimate of drug-likeness (QED) is 0.490. The Morgan fingerprint density at radius 1 is 1.57 bits per heavy atom. The van der Waals surface area contributed by atoms with E-state index in [2.05, 4.69) is 0 Å². The second-order valence-electron chi connectivity index (χ2n) is 1.83. The molecule has 0 saturated heterocycles. The van der Waals surface area contributed by atoms with Crippen LogP contribution in [0.3, 0.4) is 0 Å². The summed E-state index contributed by atoms with van der Waals surface area (Å²) in [6, 6.07) is 0. The van der Waals surface area contributed by atoms with Crippen molar-refractivity contribution in [3.05, 3.63) is 0 Å². The summed E-state index contributed by atoms with van der Waals surface area (Å²) in [6.07, 6.45) is -1.42. The normalized spacial score (nSPS) is 57.0. The van der Waals surface area contributed by atoms with Gasteiger partial charge in [0.15, 0.2) is 0 Å². The van der Waals surface area contributed by atoms with Gasteiger partial charge in [0.1, 0.15) is 0 Å². The molecule has 1 unspecified atom stereocenters. The average Bonchev–Trinajstić information content (AvgIpc) is 1.77. The minimum atomic E-state index is -1.84. The number of aliphatic hydroxyl groups is 1. The van der Waals surface area contributed by atoms with E-state index in [1.807, 2.05) is 0 Å². The van der Waals surface area contributed by atoms with Crippen molar-refractivity contribution >= 4 is 0 Å². The van der Waals surface area contributed by atoms with Gasteiger partial charge in [-0.15, -0.1) is 0 Å². The van der Waals surface area contributed by atoms with Crippen molar-refractivity contribution in [1.82, 2.24) is 0 Å². The fourth-order valence-corrected chi connectivity index (χ4v) is 0.739. The van der Waals surface area contributed by atoms with Crippen LogP contribution >= 0.6 is 0 Å². The molecule has 0 radical (unpaired) electrons. The molecule has 1 nitrogen and oxygen atoms in total. The van der Waals surface area contributed by atoms with Crippen LogP contribution in [0.2, 0.25) is 0 Å². The van der Waals surface area contributed by atoms with Crippen LogP contribution in [0.5, 0.6) is 0 Å². The largest absolute Gasteiger partial charge is 0.393 e. The molecule has 0 heterocycles. The standard InChI is InChI=1S/C6H12O/c7-6-4-2-1-3-5-6/h6-7H,1-5H2/i4D2,6D. The molecule has 0 aliphatic heterocycles. The molecule has 1 aliphatic carbocycles. The zero-order valence-electron chi connectivity index (χ0n) is 7.28. The zero-order valence-corrected chi connectivity index (χ0v) is 4.28. The Morgan fingerprint density at radius 2 is 2.43 bits per heavy atom.